The predicted octanol–water partition coefficient (Wildman–Crippen LogP) is 5.22. The largest absolute Gasteiger partial charge is 0.416 e. The first-order valence-corrected chi connectivity index (χ1v) is 9.85. The zero-order valence-corrected chi connectivity index (χ0v) is 15.9. The van der Waals surface area contributed by atoms with Crippen LogP contribution < -0.4 is 10.2 Å². The third-order valence-electron chi connectivity index (χ3n) is 4.27. The maximum absolute atomic E-state index is 12.8. The summed E-state index contributed by atoms with van der Waals surface area (Å²) in [5, 5.41) is 2.45. The number of hydrogen-bond acceptors (Lipinski definition) is 3. The molecule has 4 nitrogen and oxygen atoms in total. The molecular weight excluding hydrogens is 389 g/mol. The summed E-state index contributed by atoms with van der Waals surface area (Å²) in [6, 6.07) is 11.8. The Morgan fingerprint density at radius 1 is 1.21 bits per heavy atom. The molecule has 1 N–H and O–H groups in total. The lowest BCUT2D eigenvalue weighted by Crippen LogP contribution is -2.28. The van der Waals surface area contributed by atoms with E-state index >= 15 is 0 Å². The number of carbonyl (C=O) groups is 2. The highest BCUT2D eigenvalue weighted by molar-refractivity contribution is 8.00. The quantitative estimate of drug-likeness (QED) is 0.738. The third-order valence-corrected chi connectivity index (χ3v) is 5.49. The lowest BCUT2D eigenvalue weighted by molar-refractivity contribution is -0.137. The molecule has 1 saturated heterocycles. The van der Waals surface area contributed by atoms with Gasteiger partial charge in [-0.1, -0.05) is 19.1 Å². The molecule has 0 aliphatic carbocycles. The van der Waals surface area contributed by atoms with Crippen molar-refractivity contribution in [1.82, 2.24) is 0 Å². The molecule has 28 heavy (non-hydrogen) atoms. The van der Waals surface area contributed by atoms with Gasteiger partial charge in [0.15, 0.2) is 0 Å². The highest BCUT2D eigenvalue weighted by Gasteiger charge is 2.35. The van der Waals surface area contributed by atoms with E-state index in [-0.39, 0.29) is 22.9 Å². The van der Waals surface area contributed by atoms with Gasteiger partial charge in [-0.05, 0) is 48.4 Å². The number of halogens is 3. The molecule has 2 aromatic carbocycles. The Kier molecular flexibility index (Phi) is 5.98. The Morgan fingerprint density at radius 3 is 2.57 bits per heavy atom. The number of nitrogens with one attached hydrogen (secondary N) is 1. The first-order chi connectivity index (χ1) is 13.3. The van der Waals surface area contributed by atoms with E-state index < -0.39 is 11.7 Å². The van der Waals surface area contributed by atoms with Crippen molar-refractivity contribution in [2.24, 2.45) is 0 Å². The maximum atomic E-state index is 12.8. The van der Waals surface area contributed by atoms with Gasteiger partial charge in [0.05, 0.1) is 11.3 Å². The summed E-state index contributed by atoms with van der Waals surface area (Å²) < 4.78 is 38.4. The summed E-state index contributed by atoms with van der Waals surface area (Å²) in [4.78, 5) is 25.7. The Morgan fingerprint density at radius 2 is 1.93 bits per heavy atom. The molecular formula is C20H19F3N2O2S. The maximum Gasteiger partial charge on any atom is 0.416 e. The molecule has 3 rings (SSSR count). The van der Waals surface area contributed by atoms with Crippen molar-refractivity contribution in [3.8, 4) is 0 Å². The molecule has 0 bridgehead atoms. The minimum absolute atomic E-state index is 0.0885. The van der Waals surface area contributed by atoms with Gasteiger partial charge in [-0.15, -0.1) is 11.8 Å². The summed E-state index contributed by atoms with van der Waals surface area (Å²) in [6.07, 6.45) is -3.27. The number of carbonyl (C=O) groups excluding carboxylic acids is 2. The summed E-state index contributed by atoms with van der Waals surface area (Å²) >= 11 is 1.40. The Hall–Kier alpha value is -2.48. The molecule has 0 aromatic heterocycles. The number of benzene rings is 2. The monoisotopic (exact) mass is 408 g/mol. The second-order valence-corrected chi connectivity index (χ2v) is 7.46. The second-order valence-electron chi connectivity index (χ2n) is 6.40. The van der Waals surface area contributed by atoms with E-state index in [4.69, 9.17) is 0 Å². The molecule has 1 fully saturated rings. The van der Waals surface area contributed by atoms with E-state index in [1.165, 1.54) is 28.8 Å². The Balaban J connectivity index is 1.85. The smallest absolute Gasteiger partial charge is 0.326 e. The third kappa shape index (κ3) is 4.49. The molecule has 0 unspecified atom stereocenters. The highest BCUT2D eigenvalue weighted by Crippen LogP contribution is 2.43. The van der Waals surface area contributed by atoms with Crippen LogP contribution in [0.25, 0.3) is 0 Å². The topological polar surface area (TPSA) is 49.4 Å². The van der Waals surface area contributed by atoms with Crippen LogP contribution in [0.4, 0.5) is 24.5 Å². The highest BCUT2D eigenvalue weighted by atomic mass is 32.2. The molecule has 2 aromatic rings. The van der Waals surface area contributed by atoms with Crippen LogP contribution in [0.1, 0.15) is 36.3 Å². The first kappa shape index (κ1) is 20.3. The minimum Gasteiger partial charge on any atom is -0.326 e. The van der Waals surface area contributed by atoms with Crippen molar-refractivity contribution >= 4 is 35.0 Å². The van der Waals surface area contributed by atoms with Gasteiger partial charge >= 0.3 is 6.18 Å². The van der Waals surface area contributed by atoms with Gasteiger partial charge in [-0.3, -0.25) is 14.5 Å². The second kappa shape index (κ2) is 8.26. The van der Waals surface area contributed by atoms with Gasteiger partial charge in [-0.2, -0.15) is 13.2 Å². The van der Waals surface area contributed by atoms with Crippen molar-refractivity contribution < 1.29 is 22.8 Å². The molecule has 1 heterocycles. The lowest BCUT2D eigenvalue weighted by Gasteiger charge is -2.25. The van der Waals surface area contributed by atoms with Crippen molar-refractivity contribution in [3.05, 3.63) is 59.7 Å². The molecule has 0 radical (unpaired) electrons. The van der Waals surface area contributed by atoms with Crippen LogP contribution in [0, 0.1) is 0 Å². The van der Waals surface area contributed by atoms with Crippen LogP contribution in [0.15, 0.2) is 48.5 Å². The van der Waals surface area contributed by atoms with Crippen LogP contribution in [-0.2, 0) is 15.8 Å². The number of anilines is 2. The summed E-state index contributed by atoms with van der Waals surface area (Å²) in [5.41, 5.74) is 1.08. The van der Waals surface area contributed by atoms with E-state index in [1.54, 1.807) is 18.2 Å². The number of rotatable bonds is 5. The summed E-state index contributed by atoms with van der Waals surface area (Å²) in [5.74, 6) is -0.0254. The Bertz CT molecular complexity index is 868. The van der Waals surface area contributed by atoms with Gasteiger partial charge in [0.25, 0.3) is 0 Å². The van der Waals surface area contributed by atoms with Crippen LogP contribution in [0.5, 0.6) is 0 Å². The van der Waals surface area contributed by atoms with Crippen LogP contribution in [0.3, 0.4) is 0 Å². The first-order valence-electron chi connectivity index (χ1n) is 8.80. The zero-order chi connectivity index (χ0) is 20.3. The fourth-order valence-electron chi connectivity index (χ4n) is 2.98. The molecule has 148 valence electrons. The lowest BCUT2D eigenvalue weighted by atomic mass is 10.1. The van der Waals surface area contributed by atoms with Gasteiger partial charge < -0.3 is 5.32 Å². The van der Waals surface area contributed by atoms with Crippen molar-refractivity contribution in [2.45, 2.75) is 31.3 Å². The minimum atomic E-state index is -4.42. The predicted molar refractivity (Wildman–Crippen MR) is 104 cm³/mol. The average molecular weight is 408 g/mol. The van der Waals surface area contributed by atoms with Crippen LogP contribution in [0.2, 0.25) is 0 Å². The SMILES string of the molecule is CCCC(=O)Nc1cccc([C@@H]2SCC(=O)N2c2ccc(C(F)(F)F)cc2)c1. The van der Waals surface area contributed by atoms with E-state index in [1.807, 2.05) is 13.0 Å². The van der Waals surface area contributed by atoms with E-state index in [0.29, 0.717) is 17.8 Å². The fourth-order valence-corrected chi connectivity index (χ4v) is 4.15. The average Bonchev–Trinajstić information content (AvgIpc) is 3.03. The van der Waals surface area contributed by atoms with Crippen molar-refractivity contribution in [2.75, 3.05) is 16.0 Å². The molecule has 1 aliphatic heterocycles. The van der Waals surface area contributed by atoms with Gasteiger partial charge in [0.1, 0.15) is 5.37 Å². The number of thioether (sulfide) groups is 1. The van der Waals surface area contributed by atoms with Gasteiger partial charge in [0.2, 0.25) is 11.8 Å². The molecule has 1 atom stereocenters. The van der Waals surface area contributed by atoms with E-state index in [2.05, 4.69) is 5.32 Å². The zero-order valence-electron chi connectivity index (χ0n) is 15.1. The van der Waals surface area contributed by atoms with Crippen LogP contribution >= 0.6 is 11.8 Å². The molecule has 2 amide bonds. The van der Waals surface area contributed by atoms with E-state index in [9.17, 15) is 22.8 Å². The normalized spacial score (nSPS) is 17.1. The standard InChI is InChI=1S/C20H19F3N2O2S/c1-2-4-17(26)24-15-6-3-5-13(11-15)19-25(18(27)12-28-19)16-9-7-14(8-10-16)20(21,22)23/h3,5-11,19H,2,4,12H2,1H3,(H,24,26)/t19-/m0/s1. The summed E-state index contributed by atoms with van der Waals surface area (Å²) in [6.45, 7) is 1.92. The number of amides is 2. The van der Waals surface area contributed by atoms with Gasteiger partial charge in [-0.25, -0.2) is 0 Å². The number of hydrogen-bond donors (Lipinski definition) is 1. The molecule has 1 aliphatic rings. The van der Waals surface area contributed by atoms with Crippen LogP contribution in [-0.4, -0.2) is 17.6 Å². The van der Waals surface area contributed by atoms with E-state index in [0.717, 1.165) is 24.1 Å². The van der Waals surface area contributed by atoms with Gasteiger partial charge in [0, 0.05) is 17.8 Å². The molecule has 8 heteroatoms. The van der Waals surface area contributed by atoms with Crippen molar-refractivity contribution in [1.29, 1.82) is 0 Å². The summed E-state index contributed by atoms with van der Waals surface area (Å²) in [7, 11) is 0. The fraction of sp³-hybridized carbons (Fsp3) is 0.300. The molecule has 0 saturated carbocycles. The number of alkyl halides is 3. The Labute approximate surface area is 165 Å². The number of nitrogens with zero attached hydrogens (tertiary/aromatic N) is 1. The molecule has 0 spiro atoms. The van der Waals surface area contributed by atoms with Crippen molar-refractivity contribution in [3.63, 3.8) is 0 Å².